The monoisotopic (exact) mass is 1130 g/mol. The van der Waals surface area contributed by atoms with Gasteiger partial charge in [-0.3, -0.25) is 4.79 Å². The second kappa shape index (κ2) is 71.8. The number of nitrogens with one attached hydrogen (secondary N) is 1. The molecular formula is C78H135NO3. The number of amides is 1. The third kappa shape index (κ3) is 67.3. The summed E-state index contributed by atoms with van der Waals surface area (Å²) < 4.78 is 0. The van der Waals surface area contributed by atoms with Crippen LogP contribution in [0.15, 0.2) is 134 Å². The maximum atomic E-state index is 12.6. The number of aliphatic hydroxyl groups excluding tert-OH is 2. The van der Waals surface area contributed by atoms with E-state index in [0.29, 0.717) is 12.8 Å². The fourth-order valence-electron chi connectivity index (χ4n) is 10.4. The van der Waals surface area contributed by atoms with Gasteiger partial charge in [-0.1, -0.05) is 366 Å². The van der Waals surface area contributed by atoms with Gasteiger partial charge in [-0.15, -0.1) is 0 Å². The van der Waals surface area contributed by atoms with Crippen molar-refractivity contribution in [3.8, 4) is 0 Å². The molecule has 0 saturated carbocycles. The van der Waals surface area contributed by atoms with Gasteiger partial charge in [-0.05, 0) is 96.3 Å². The van der Waals surface area contributed by atoms with Crippen molar-refractivity contribution >= 4 is 5.91 Å². The lowest BCUT2D eigenvalue weighted by molar-refractivity contribution is -0.123. The van der Waals surface area contributed by atoms with E-state index in [1.165, 1.54) is 199 Å². The number of rotatable bonds is 64. The summed E-state index contributed by atoms with van der Waals surface area (Å²) in [5.41, 5.74) is 0. The quantitative estimate of drug-likeness (QED) is 0.0420. The second-order valence-electron chi connectivity index (χ2n) is 23.6. The van der Waals surface area contributed by atoms with E-state index in [1.807, 2.05) is 0 Å². The zero-order chi connectivity index (χ0) is 59.1. The van der Waals surface area contributed by atoms with Gasteiger partial charge in [0, 0.05) is 6.42 Å². The molecule has 4 nitrogen and oxygen atoms in total. The molecule has 0 aliphatic rings. The average molecular weight is 1130 g/mol. The Kier molecular flexibility index (Phi) is 68.8. The fraction of sp³-hybridized carbons (Fsp3) is 0.705. The molecule has 0 aliphatic carbocycles. The molecule has 3 N–H and O–H groups in total. The normalized spacial score (nSPS) is 13.6. The van der Waals surface area contributed by atoms with Crippen molar-refractivity contribution in [3.05, 3.63) is 134 Å². The zero-order valence-corrected chi connectivity index (χ0v) is 54.2. The Morgan fingerprint density at radius 2 is 0.537 bits per heavy atom. The summed E-state index contributed by atoms with van der Waals surface area (Å²) in [6, 6.07) is -0.567. The maximum Gasteiger partial charge on any atom is 0.220 e. The summed E-state index contributed by atoms with van der Waals surface area (Å²) in [4.78, 5) is 12.6. The summed E-state index contributed by atoms with van der Waals surface area (Å²) in [5, 5.41) is 23.4. The fourth-order valence-corrected chi connectivity index (χ4v) is 10.4. The van der Waals surface area contributed by atoms with E-state index < -0.39 is 12.1 Å². The molecule has 0 saturated heterocycles. The molecule has 0 aromatic carbocycles. The number of carbonyl (C=O) groups excluding carboxylic acids is 1. The highest BCUT2D eigenvalue weighted by Crippen LogP contribution is 2.18. The number of hydrogen-bond donors (Lipinski definition) is 3. The van der Waals surface area contributed by atoms with E-state index in [9.17, 15) is 15.0 Å². The molecule has 0 heterocycles. The molecule has 0 fully saturated rings. The molecule has 470 valence electrons. The standard InChI is InChI=1S/C78H135NO3/c1-3-5-7-9-11-13-15-17-19-21-23-25-27-29-31-33-35-37-38-39-40-42-44-46-48-50-52-54-56-58-60-62-64-66-68-70-72-74-78(82)79-76(75-80)77(81)73-71-69-67-65-63-61-59-57-55-53-51-49-47-45-43-41-36-34-32-30-28-26-24-22-20-18-16-14-12-10-8-6-4-2/h5,7,11,13,17,19,23,25,29,31,35,37,39-40,44,46,50,52,56,58,62,64,76-77,80-81H,3-4,6,8-10,12,14-16,18,20-22,24,26-28,30,32-34,36,38,41-43,45,47-49,51,53-55,57,59-61,63,65-75H2,1-2H3,(H,79,82)/b7-5-,13-11-,19-17-,25-23-,31-29-,37-35-,40-39-,46-44-,52-50-,58-56-,64-62-. The highest BCUT2D eigenvalue weighted by atomic mass is 16.3. The summed E-state index contributed by atoms with van der Waals surface area (Å²) in [6.45, 7) is 4.25. The van der Waals surface area contributed by atoms with E-state index in [1.54, 1.807) is 0 Å². The van der Waals surface area contributed by atoms with E-state index in [2.05, 4.69) is 153 Å². The minimum atomic E-state index is -0.686. The first-order valence-electron chi connectivity index (χ1n) is 35.4. The molecule has 2 atom stereocenters. The Morgan fingerprint density at radius 3 is 0.793 bits per heavy atom. The van der Waals surface area contributed by atoms with Crippen LogP contribution in [-0.4, -0.2) is 34.9 Å². The first-order valence-corrected chi connectivity index (χ1v) is 35.4. The minimum absolute atomic E-state index is 0.0643. The van der Waals surface area contributed by atoms with Gasteiger partial charge in [0.25, 0.3) is 0 Å². The molecule has 1 amide bonds. The van der Waals surface area contributed by atoms with Gasteiger partial charge < -0.3 is 15.5 Å². The van der Waals surface area contributed by atoms with Crippen LogP contribution < -0.4 is 5.32 Å². The zero-order valence-electron chi connectivity index (χ0n) is 54.2. The summed E-state index contributed by atoms with van der Waals surface area (Å²) >= 11 is 0. The SMILES string of the molecule is CC/C=C\C/C=C\C/C=C\C/C=C\C/C=C\C/C=C\C/C=C\C/C=C\C/C=C\C/C=C\C/C=C\CCCCCC(=O)NC(CO)C(O)CCCCCCCCCCCCCCCCCCCCCCCCCCCCCCCCCCC. The van der Waals surface area contributed by atoms with Crippen molar-refractivity contribution in [2.75, 3.05) is 6.61 Å². The first-order chi connectivity index (χ1) is 40.7. The Balaban J connectivity index is 3.57. The van der Waals surface area contributed by atoms with Crippen molar-refractivity contribution in [2.24, 2.45) is 0 Å². The molecule has 0 aromatic heterocycles. The van der Waals surface area contributed by atoms with Gasteiger partial charge >= 0.3 is 0 Å². The lowest BCUT2D eigenvalue weighted by Crippen LogP contribution is -2.45. The summed E-state index contributed by atoms with van der Waals surface area (Å²) in [5.74, 6) is -0.0643. The van der Waals surface area contributed by atoms with Gasteiger partial charge in [0.15, 0.2) is 0 Å². The molecule has 0 aromatic rings. The van der Waals surface area contributed by atoms with Crippen LogP contribution in [-0.2, 0) is 4.79 Å². The maximum absolute atomic E-state index is 12.6. The van der Waals surface area contributed by atoms with Crippen molar-refractivity contribution < 1.29 is 15.0 Å². The van der Waals surface area contributed by atoms with E-state index in [-0.39, 0.29) is 12.5 Å². The number of unbranched alkanes of at least 4 members (excludes halogenated alkanes) is 35. The van der Waals surface area contributed by atoms with Crippen LogP contribution >= 0.6 is 0 Å². The van der Waals surface area contributed by atoms with Crippen molar-refractivity contribution in [1.29, 1.82) is 0 Å². The third-order valence-corrected chi connectivity index (χ3v) is 15.7. The van der Waals surface area contributed by atoms with Crippen LogP contribution in [0, 0.1) is 0 Å². The number of hydrogen-bond acceptors (Lipinski definition) is 3. The van der Waals surface area contributed by atoms with Gasteiger partial charge in [0.1, 0.15) is 0 Å². The van der Waals surface area contributed by atoms with Crippen molar-refractivity contribution in [1.82, 2.24) is 5.32 Å². The van der Waals surface area contributed by atoms with Gasteiger partial charge in [0.2, 0.25) is 5.91 Å². The molecular weight excluding hydrogens is 999 g/mol. The number of aliphatic hydroxyl groups is 2. The first kappa shape index (κ1) is 78.5. The third-order valence-electron chi connectivity index (χ3n) is 15.7. The van der Waals surface area contributed by atoms with Crippen LogP contribution in [0.3, 0.4) is 0 Å². The molecule has 0 radical (unpaired) electrons. The van der Waals surface area contributed by atoms with E-state index in [0.717, 1.165) is 109 Å². The number of carbonyl (C=O) groups is 1. The molecule has 2 unspecified atom stereocenters. The van der Waals surface area contributed by atoms with Crippen LogP contribution in [0.5, 0.6) is 0 Å². The largest absolute Gasteiger partial charge is 0.394 e. The minimum Gasteiger partial charge on any atom is -0.394 e. The van der Waals surface area contributed by atoms with Gasteiger partial charge in [0.05, 0.1) is 18.8 Å². The second-order valence-corrected chi connectivity index (χ2v) is 23.6. The summed E-state index contributed by atoms with van der Waals surface area (Å²) in [7, 11) is 0. The molecule has 0 aliphatic heterocycles. The average Bonchev–Trinajstić information content (AvgIpc) is 3.50. The van der Waals surface area contributed by atoms with Crippen LogP contribution in [0.2, 0.25) is 0 Å². The van der Waals surface area contributed by atoms with Crippen LogP contribution in [0.25, 0.3) is 0 Å². The Hall–Kier alpha value is -3.47. The van der Waals surface area contributed by atoms with E-state index in [4.69, 9.17) is 0 Å². The predicted octanol–water partition coefficient (Wildman–Crippen LogP) is 24.5. The molecule has 0 spiro atoms. The Labute approximate surface area is 511 Å². The van der Waals surface area contributed by atoms with Gasteiger partial charge in [-0.25, -0.2) is 0 Å². The molecule has 0 bridgehead atoms. The number of allylic oxidation sites excluding steroid dienone is 22. The smallest absolute Gasteiger partial charge is 0.220 e. The van der Waals surface area contributed by atoms with Crippen molar-refractivity contribution in [2.45, 2.75) is 347 Å². The highest BCUT2D eigenvalue weighted by molar-refractivity contribution is 5.76. The van der Waals surface area contributed by atoms with Gasteiger partial charge in [-0.2, -0.15) is 0 Å². The Bertz CT molecular complexity index is 1620. The molecule has 82 heavy (non-hydrogen) atoms. The van der Waals surface area contributed by atoms with Crippen LogP contribution in [0.1, 0.15) is 335 Å². The topological polar surface area (TPSA) is 69.6 Å². The van der Waals surface area contributed by atoms with Crippen LogP contribution in [0.4, 0.5) is 0 Å². The van der Waals surface area contributed by atoms with E-state index >= 15 is 0 Å². The molecule has 4 heteroatoms. The summed E-state index contributed by atoms with van der Waals surface area (Å²) in [6.07, 6.45) is 111. The lowest BCUT2D eigenvalue weighted by Gasteiger charge is -2.22. The molecule has 0 rings (SSSR count). The lowest BCUT2D eigenvalue weighted by atomic mass is 10.0. The highest BCUT2D eigenvalue weighted by Gasteiger charge is 2.20. The predicted molar refractivity (Wildman–Crippen MR) is 368 cm³/mol. The van der Waals surface area contributed by atoms with Crippen molar-refractivity contribution in [3.63, 3.8) is 0 Å². The Morgan fingerprint density at radius 1 is 0.305 bits per heavy atom.